The Morgan fingerprint density at radius 1 is 1.38 bits per heavy atom. The molecule has 0 atom stereocenters. The molecule has 1 aromatic rings. The molecule has 0 heterocycles. The molecule has 0 aromatic heterocycles. The van der Waals surface area contributed by atoms with Gasteiger partial charge in [-0.15, -0.1) is 0 Å². The van der Waals surface area contributed by atoms with Crippen LogP contribution in [-0.4, -0.2) is 11.1 Å². The number of rotatable bonds is 2. The SMILES string of the molecule is C=C(N)c1ccc(C(=O)O)cc1C(F)(F)F. The maximum absolute atomic E-state index is 12.6. The Bertz CT molecular complexity index is 452. The molecular weight excluding hydrogens is 223 g/mol. The largest absolute Gasteiger partial charge is 0.478 e. The van der Waals surface area contributed by atoms with Crippen molar-refractivity contribution in [3.63, 3.8) is 0 Å². The number of nitrogens with two attached hydrogens (primary N) is 1. The molecule has 1 rings (SSSR count). The lowest BCUT2D eigenvalue weighted by atomic mass is 10.0. The number of aromatic carboxylic acids is 1. The smallest absolute Gasteiger partial charge is 0.417 e. The Kier molecular flexibility index (Phi) is 2.93. The van der Waals surface area contributed by atoms with E-state index in [1.165, 1.54) is 0 Å². The minimum Gasteiger partial charge on any atom is -0.478 e. The van der Waals surface area contributed by atoms with E-state index >= 15 is 0 Å². The quantitative estimate of drug-likeness (QED) is 0.821. The number of benzene rings is 1. The molecule has 0 radical (unpaired) electrons. The third-order valence-electron chi connectivity index (χ3n) is 1.92. The standard InChI is InChI=1S/C10H8F3NO2/c1-5(14)7-3-2-6(9(15)16)4-8(7)10(11,12)13/h2-4H,1,14H2,(H,15,16). The number of hydrogen-bond donors (Lipinski definition) is 2. The van der Waals surface area contributed by atoms with Crippen LogP contribution in [0.4, 0.5) is 13.2 Å². The normalized spacial score (nSPS) is 11.2. The molecule has 3 N–H and O–H groups in total. The summed E-state index contributed by atoms with van der Waals surface area (Å²) in [7, 11) is 0. The molecule has 16 heavy (non-hydrogen) atoms. The number of carboxylic acid groups (broad SMARTS) is 1. The second kappa shape index (κ2) is 3.88. The van der Waals surface area contributed by atoms with Gasteiger partial charge >= 0.3 is 12.1 Å². The maximum atomic E-state index is 12.6. The number of alkyl halides is 3. The van der Waals surface area contributed by atoms with Gasteiger partial charge in [-0.25, -0.2) is 4.79 Å². The summed E-state index contributed by atoms with van der Waals surface area (Å²) < 4.78 is 37.7. The van der Waals surface area contributed by atoms with Gasteiger partial charge in [0.2, 0.25) is 0 Å². The van der Waals surface area contributed by atoms with E-state index in [1.807, 2.05) is 0 Å². The summed E-state index contributed by atoms with van der Waals surface area (Å²) in [6, 6.07) is 2.58. The van der Waals surface area contributed by atoms with Crippen LogP contribution in [0.5, 0.6) is 0 Å². The maximum Gasteiger partial charge on any atom is 0.417 e. The Morgan fingerprint density at radius 3 is 2.31 bits per heavy atom. The van der Waals surface area contributed by atoms with Crippen LogP contribution in [0.2, 0.25) is 0 Å². The van der Waals surface area contributed by atoms with E-state index in [0.717, 1.165) is 12.1 Å². The highest BCUT2D eigenvalue weighted by Crippen LogP contribution is 2.34. The first-order valence-corrected chi connectivity index (χ1v) is 4.12. The summed E-state index contributed by atoms with van der Waals surface area (Å²) in [5, 5.41) is 8.58. The fraction of sp³-hybridized carbons (Fsp3) is 0.100. The predicted molar refractivity (Wildman–Crippen MR) is 51.6 cm³/mol. The molecule has 3 nitrogen and oxygen atoms in total. The van der Waals surface area contributed by atoms with Crippen molar-refractivity contribution in [2.45, 2.75) is 6.18 Å². The van der Waals surface area contributed by atoms with Crippen LogP contribution in [-0.2, 0) is 6.18 Å². The molecule has 6 heteroatoms. The number of hydrogen-bond acceptors (Lipinski definition) is 2. The third-order valence-corrected chi connectivity index (χ3v) is 1.92. The highest BCUT2D eigenvalue weighted by molar-refractivity contribution is 5.88. The molecule has 0 aliphatic rings. The van der Waals surface area contributed by atoms with Crippen molar-refractivity contribution in [1.29, 1.82) is 0 Å². The summed E-state index contributed by atoms with van der Waals surface area (Å²) >= 11 is 0. The first-order chi connectivity index (χ1) is 7.23. The predicted octanol–water partition coefficient (Wildman–Crippen LogP) is 2.33. The lowest BCUT2D eigenvalue weighted by Gasteiger charge is -2.13. The zero-order valence-electron chi connectivity index (χ0n) is 8.01. The Hall–Kier alpha value is -1.98. The van der Waals surface area contributed by atoms with Gasteiger partial charge < -0.3 is 10.8 Å². The summed E-state index contributed by atoms with van der Waals surface area (Å²) in [6.07, 6.45) is -4.66. The molecule has 0 saturated carbocycles. The average Bonchev–Trinajstić information content (AvgIpc) is 2.15. The van der Waals surface area contributed by atoms with Crippen LogP contribution in [0.15, 0.2) is 24.8 Å². The van der Waals surface area contributed by atoms with Gasteiger partial charge in [0.25, 0.3) is 0 Å². The Morgan fingerprint density at radius 2 is 1.94 bits per heavy atom. The van der Waals surface area contributed by atoms with Gasteiger partial charge in [-0.3, -0.25) is 0 Å². The monoisotopic (exact) mass is 231 g/mol. The first kappa shape index (κ1) is 12.1. The topological polar surface area (TPSA) is 63.3 Å². The van der Waals surface area contributed by atoms with Crippen LogP contribution in [0.3, 0.4) is 0 Å². The highest BCUT2D eigenvalue weighted by Gasteiger charge is 2.34. The van der Waals surface area contributed by atoms with Crippen molar-refractivity contribution < 1.29 is 23.1 Å². The summed E-state index contributed by atoms with van der Waals surface area (Å²) in [6.45, 7) is 3.20. The van der Waals surface area contributed by atoms with Gasteiger partial charge in [-0.2, -0.15) is 13.2 Å². The molecule has 0 aliphatic carbocycles. The summed E-state index contributed by atoms with van der Waals surface area (Å²) in [5.74, 6) is -1.43. The molecule has 0 unspecified atom stereocenters. The van der Waals surface area contributed by atoms with Crippen LogP contribution < -0.4 is 5.73 Å². The van der Waals surface area contributed by atoms with Gasteiger partial charge in [0, 0.05) is 11.3 Å². The molecule has 1 aromatic carbocycles. The van der Waals surface area contributed by atoms with Crippen LogP contribution >= 0.6 is 0 Å². The van der Waals surface area contributed by atoms with Crippen molar-refractivity contribution in [3.8, 4) is 0 Å². The molecule has 0 bridgehead atoms. The Labute approximate surface area is 89.0 Å². The highest BCUT2D eigenvalue weighted by atomic mass is 19.4. The van der Waals surface area contributed by atoms with Crippen LogP contribution in [0.25, 0.3) is 5.70 Å². The summed E-state index contributed by atoms with van der Waals surface area (Å²) in [4.78, 5) is 10.5. The zero-order chi connectivity index (χ0) is 12.5. The lowest BCUT2D eigenvalue weighted by Crippen LogP contribution is -2.12. The number of carbonyl (C=O) groups is 1. The van der Waals surface area contributed by atoms with Crippen molar-refractivity contribution in [1.82, 2.24) is 0 Å². The molecule has 0 aliphatic heterocycles. The molecule has 0 spiro atoms. The summed E-state index contributed by atoms with van der Waals surface area (Å²) in [5.41, 5.74) is 3.08. The van der Waals surface area contributed by atoms with Gasteiger partial charge in [0.15, 0.2) is 0 Å². The zero-order valence-corrected chi connectivity index (χ0v) is 8.01. The molecular formula is C10H8F3NO2. The second-order valence-electron chi connectivity index (χ2n) is 3.09. The molecule has 0 amide bonds. The molecule has 0 fully saturated rings. The van der Waals surface area contributed by atoms with Crippen molar-refractivity contribution >= 4 is 11.7 Å². The number of halogens is 3. The van der Waals surface area contributed by atoms with E-state index < -0.39 is 23.3 Å². The van der Waals surface area contributed by atoms with E-state index in [9.17, 15) is 18.0 Å². The first-order valence-electron chi connectivity index (χ1n) is 4.12. The number of carboxylic acids is 1. The van der Waals surface area contributed by atoms with Crippen LogP contribution in [0, 0.1) is 0 Å². The fourth-order valence-corrected chi connectivity index (χ4v) is 1.19. The minimum atomic E-state index is -4.66. The third kappa shape index (κ3) is 2.33. The van der Waals surface area contributed by atoms with Crippen LogP contribution in [0.1, 0.15) is 21.5 Å². The second-order valence-corrected chi connectivity index (χ2v) is 3.09. The van der Waals surface area contributed by atoms with Crippen molar-refractivity contribution in [2.75, 3.05) is 0 Å². The minimum absolute atomic E-state index is 0.260. The Balaban J connectivity index is 3.45. The molecule has 0 saturated heterocycles. The van der Waals surface area contributed by atoms with Gasteiger partial charge in [0.05, 0.1) is 11.1 Å². The van der Waals surface area contributed by atoms with E-state index in [1.54, 1.807) is 0 Å². The van der Waals surface area contributed by atoms with E-state index in [2.05, 4.69) is 6.58 Å². The van der Waals surface area contributed by atoms with Gasteiger partial charge in [-0.1, -0.05) is 12.6 Å². The van der Waals surface area contributed by atoms with Crippen molar-refractivity contribution in [2.24, 2.45) is 5.73 Å². The van der Waals surface area contributed by atoms with E-state index in [0.29, 0.717) is 6.07 Å². The fourth-order valence-electron chi connectivity index (χ4n) is 1.19. The van der Waals surface area contributed by atoms with E-state index in [-0.39, 0.29) is 11.3 Å². The van der Waals surface area contributed by atoms with Crippen molar-refractivity contribution in [3.05, 3.63) is 41.5 Å². The van der Waals surface area contributed by atoms with E-state index in [4.69, 9.17) is 10.8 Å². The molecule has 86 valence electrons. The lowest BCUT2D eigenvalue weighted by molar-refractivity contribution is -0.137. The van der Waals surface area contributed by atoms with Gasteiger partial charge in [-0.05, 0) is 12.1 Å². The van der Waals surface area contributed by atoms with Gasteiger partial charge in [0.1, 0.15) is 0 Å². The average molecular weight is 231 g/mol.